The standard InChI is InChI=1S/C22H25N3O3/c1-16-6-8-18(9-7-16)27-15-12-23-21(26)17-10-13-25(14-11-17)22-24-19-4-2-3-5-20(19)28-22/h2-9,17H,10-15H2,1H3,(H,23,26). The average molecular weight is 379 g/mol. The second-order valence-corrected chi connectivity index (χ2v) is 7.18. The molecule has 0 atom stereocenters. The quantitative estimate of drug-likeness (QED) is 0.664. The van der Waals surface area contributed by atoms with E-state index in [4.69, 9.17) is 9.15 Å². The minimum Gasteiger partial charge on any atom is -0.492 e. The molecule has 0 saturated carbocycles. The summed E-state index contributed by atoms with van der Waals surface area (Å²) in [5.41, 5.74) is 2.86. The van der Waals surface area contributed by atoms with Gasteiger partial charge in [-0.15, -0.1) is 0 Å². The van der Waals surface area contributed by atoms with Gasteiger partial charge in [0.1, 0.15) is 17.9 Å². The number of ether oxygens (including phenoxy) is 1. The highest BCUT2D eigenvalue weighted by atomic mass is 16.5. The SMILES string of the molecule is Cc1ccc(OCCNC(=O)C2CCN(c3nc4ccccc4o3)CC2)cc1. The topological polar surface area (TPSA) is 67.6 Å². The number of aryl methyl sites for hydroxylation is 1. The van der Waals surface area contributed by atoms with Crippen LogP contribution in [0.15, 0.2) is 52.9 Å². The molecule has 2 aromatic carbocycles. The van der Waals surface area contributed by atoms with Crippen LogP contribution in [0.25, 0.3) is 11.1 Å². The van der Waals surface area contributed by atoms with Crippen LogP contribution >= 0.6 is 0 Å². The van der Waals surface area contributed by atoms with E-state index in [-0.39, 0.29) is 11.8 Å². The van der Waals surface area contributed by atoms with Crippen LogP contribution in [0, 0.1) is 12.8 Å². The summed E-state index contributed by atoms with van der Waals surface area (Å²) in [4.78, 5) is 19.1. The monoisotopic (exact) mass is 379 g/mol. The molecule has 1 aliphatic rings. The summed E-state index contributed by atoms with van der Waals surface area (Å²) in [6.07, 6.45) is 1.59. The first-order chi connectivity index (χ1) is 13.7. The van der Waals surface area contributed by atoms with Crippen molar-refractivity contribution in [2.45, 2.75) is 19.8 Å². The first-order valence-corrected chi connectivity index (χ1v) is 9.77. The molecule has 1 N–H and O–H groups in total. The lowest BCUT2D eigenvalue weighted by Gasteiger charge is -2.30. The number of hydrogen-bond donors (Lipinski definition) is 1. The zero-order chi connectivity index (χ0) is 19.3. The van der Waals surface area contributed by atoms with Crippen LogP contribution in [0.2, 0.25) is 0 Å². The third-order valence-electron chi connectivity index (χ3n) is 5.11. The van der Waals surface area contributed by atoms with Gasteiger partial charge in [0, 0.05) is 19.0 Å². The van der Waals surface area contributed by atoms with Gasteiger partial charge in [-0.1, -0.05) is 29.8 Å². The molecule has 1 amide bonds. The lowest BCUT2D eigenvalue weighted by Crippen LogP contribution is -2.41. The van der Waals surface area contributed by atoms with Crippen molar-refractivity contribution in [3.05, 3.63) is 54.1 Å². The number of nitrogens with one attached hydrogen (secondary N) is 1. The van der Waals surface area contributed by atoms with Crippen LogP contribution < -0.4 is 15.0 Å². The number of oxazole rings is 1. The van der Waals surface area contributed by atoms with Crippen molar-refractivity contribution < 1.29 is 13.9 Å². The van der Waals surface area contributed by atoms with Crippen molar-refractivity contribution in [3.8, 4) is 5.75 Å². The highest BCUT2D eigenvalue weighted by Crippen LogP contribution is 2.26. The largest absolute Gasteiger partial charge is 0.492 e. The number of carbonyl (C=O) groups excluding carboxylic acids is 1. The minimum absolute atomic E-state index is 0.0278. The smallest absolute Gasteiger partial charge is 0.298 e. The molecule has 0 bridgehead atoms. The van der Waals surface area contributed by atoms with Crippen molar-refractivity contribution in [3.63, 3.8) is 0 Å². The van der Waals surface area contributed by atoms with Crippen LogP contribution in [-0.2, 0) is 4.79 Å². The van der Waals surface area contributed by atoms with Crippen LogP contribution in [0.3, 0.4) is 0 Å². The van der Waals surface area contributed by atoms with E-state index in [1.54, 1.807) is 0 Å². The second-order valence-electron chi connectivity index (χ2n) is 7.18. The molecule has 1 aromatic heterocycles. The fraction of sp³-hybridized carbons (Fsp3) is 0.364. The molecular weight excluding hydrogens is 354 g/mol. The second kappa shape index (κ2) is 8.33. The first-order valence-electron chi connectivity index (χ1n) is 9.77. The number of aromatic nitrogens is 1. The molecule has 6 nitrogen and oxygen atoms in total. The molecule has 0 radical (unpaired) electrons. The van der Waals surface area contributed by atoms with Gasteiger partial charge in [0.25, 0.3) is 6.01 Å². The number of fused-ring (bicyclic) bond motifs is 1. The summed E-state index contributed by atoms with van der Waals surface area (Å²) in [5, 5.41) is 2.99. The molecule has 28 heavy (non-hydrogen) atoms. The van der Waals surface area contributed by atoms with Crippen molar-refractivity contribution in [1.29, 1.82) is 0 Å². The van der Waals surface area contributed by atoms with Gasteiger partial charge < -0.3 is 19.4 Å². The Morgan fingerprint density at radius 2 is 1.93 bits per heavy atom. The Balaban J connectivity index is 1.21. The molecule has 0 unspecified atom stereocenters. The molecule has 1 aliphatic heterocycles. The van der Waals surface area contributed by atoms with Gasteiger partial charge in [0.15, 0.2) is 5.58 Å². The molecular formula is C22H25N3O3. The van der Waals surface area contributed by atoms with Crippen molar-refractivity contribution in [2.24, 2.45) is 5.92 Å². The zero-order valence-corrected chi connectivity index (χ0v) is 16.1. The zero-order valence-electron chi connectivity index (χ0n) is 16.1. The number of para-hydroxylation sites is 2. The molecule has 1 saturated heterocycles. The maximum absolute atomic E-state index is 12.4. The number of amides is 1. The number of piperidine rings is 1. The van der Waals surface area contributed by atoms with Crippen molar-refractivity contribution in [2.75, 3.05) is 31.1 Å². The molecule has 0 aliphatic carbocycles. The van der Waals surface area contributed by atoms with Crippen LogP contribution in [0.1, 0.15) is 18.4 Å². The van der Waals surface area contributed by atoms with Crippen LogP contribution in [-0.4, -0.2) is 37.1 Å². The summed E-state index contributed by atoms with van der Waals surface area (Å²) in [6, 6.07) is 16.3. The number of anilines is 1. The first kappa shape index (κ1) is 18.3. The van der Waals surface area contributed by atoms with E-state index < -0.39 is 0 Å². The fourth-order valence-electron chi connectivity index (χ4n) is 3.45. The summed E-state index contributed by atoms with van der Waals surface area (Å²) < 4.78 is 11.5. The molecule has 146 valence electrons. The number of hydrogen-bond acceptors (Lipinski definition) is 5. The Labute approximate surface area is 164 Å². The van der Waals surface area contributed by atoms with Gasteiger partial charge in [-0.3, -0.25) is 4.79 Å². The van der Waals surface area contributed by atoms with E-state index in [2.05, 4.69) is 15.2 Å². The van der Waals surface area contributed by atoms with Crippen LogP contribution in [0.5, 0.6) is 5.75 Å². The Bertz CT molecular complexity index is 895. The molecule has 4 rings (SSSR count). The number of carbonyl (C=O) groups is 1. The predicted octanol–water partition coefficient (Wildman–Crippen LogP) is 3.55. The lowest BCUT2D eigenvalue weighted by atomic mass is 9.96. The average Bonchev–Trinajstić information content (AvgIpc) is 3.17. The van der Waals surface area contributed by atoms with E-state index >= 15 is 0 Å². The Kier molecular flexibility index (Phi) is 5.46. The predicted molar refractivity (Wildman–Crippen MR) is 109 cm³/mol. The fourth-order valence-corrected chi connectivity index (χ4v) is 3.45. The Morgan fingerprint density at radius 3 is 2.68 bits per heavy atom. The molecule has 3 aromatic rings. The highest BCUT2D eigenvalue weighted by molar-refractivity contribution is 5.79. The Morgan fingerprint density at radius 1 is 1.18 bits per heavy atom. The van der Waals surface area contributed by atoms with Gasteiger partial charge in [-0.25, -0.2) is 0 Å². The number of nitrogens with zero attached hydrogens (tertiary/aromatic N) is 2. The van der Waals surface area contributed by atoms with E-state index in [0.29, 0.717) is 19.2 Å². The van der Waals surface area contributed by atoms with E-state index in [0.717, 1.165) is 42.8 Å². The number of benzene rings is 2. The van der Waals surface area contributed by atoms with Gasteiger partial charge in [0.2, 0.25) is 5.91 Å². The summed E-state index contributed by atoms with van der Waals surface area (Å²) in [5.74, 6) is 0.955. The third kappa shape index (κ3) is 4.27. The highest BCUT2D eigenvalue weighted by Gasteiger charge is 2.27. The summed E-state index contributed by atoms with van der Waals surface area (Å²) in [7, 11) is 0. The maximum Gasteiger partial charge on any atom is 0.298 e. The summed E-state index contributed by atoms with van der Waals surface area (Å²) in [6.45, 7) is 4.56. The Hall–Kier alpha value is -3.02. The van der Waals surface area contributed by atoms with Crippen molar-refractivity contribution >= 4 is 23.0 Å². The van der Waals surface area contributed by atoms with E-state index in [1.165, 1.54) is 5.56 Å². The van der Waals surface area contributed by atoms with Crippen LogP contribution in [0.4, 0.5) is 6.01 Å². The minimum atomic E-state index is 0.0278. The lowest BCUT2D eigenvalue weighted by molar-refractivity contribution is -0.125. The third-order valence-corrected chi connectivity index (χ3v) is 5.11. The molecule has 1 fully saturated rings. The molecule has 0 spiro atoms. The van der Waals surface area contributed by atoms with Gasteiger partial charge in [-0.05, 0) is 44.0 Å². The van der Waals surface area contributed by atoms with E-state index in [1.807, 2.05) is 55.5 Å². The van der Waals surface area contributed by atoms with E-state index in [9.17, 15) is 4.79 Å². The summed E-state index contributed by atoms with van der Waals surface area (Å²) >= 11 is 0. The van der Waals surface area contributed by atoms with Gasteiger partial charge in [0.05, 0.1) is 6.54 Å². The molecule has 6 heteroatoms. The van der Waals surface area contributed by atoms with Crippen molar-refractivity contribution in [1.82, 2.24) is 10.3 Å². The normalized spacial score (nSPS) is 15.0. The van der Waals surface area contributed by atoms with Gasteiger partial charge in [-0.2, -0.15) is 4.98 Å². The number of rotatable bonds is 6. The molecule has 2 heterocycles. The maximum atomic E-state index is 12.4. The van der Waals surface area contributed by atoms with Gasteiger partial charge >= 0.3 is 0 Å².